The van der Waals surface area contributed by atoms with Crippen molar-refractivity contribution in [3.05, 3.63) is 89.4 Å². The van der Waals surface area contributed by atoms with Crippen LogP contribution < -0.4 is 10.1 Å². The van der Waals surface area contributed by atoms with Crippen LogP contribution in [0.2, 0.25) is 0 Å². The summed E-state index contributed by atoms with van der Waals surface area (Å²) in [5.74, 6) is 0.803. The molecule has 2 aromatic rings. The summed E-state index contributed by atoms with van der Waals surface area (Å²) in [4.78, 5) is 16.3. The second-order valence-corrected chi connectivity index (χ2v) is 7.62. The molecule has 0 atom stereocenters. The average molecular weight is 421 g/mol. The number of anilines is 1. The SMILES string of the molecule is C=C/C(=C\C(=C\C=NC)C(=C)C)c1csc(NC(=O)CCc2ccc(OC)cc2)c1. The van der Waals surface area contributed by atoms with E-state index in [1.807, 2.05) is 54.8 Å². The van der Waals surface area contributed by atoms with Gasteiger partial charge >= 0.3 is 0 Å². The maximum Gasteiger partial charge on any atom is 0.225 e. The molecule has 0 spiro atoms. The van der Waals surface area contributed by atoms with E-state index in [0.717, 1.165) is 38.6 Å². The van der Waals surface area contributed by atoms with Crippen LogP contribution in [0.3, 0.4) is 0 Å². The predicted molar refractivity (Wildman–Crippen MR) is 130 cm³/mol. The van der Waals surface area contributed by atoms with Crippen molar-refractivity contribution in [3.8, 4) is 5.75 Å². The molecule has 0 saturated carbocycles. The highest BCUT2D eigenvalue weighted by Gasteiger charge is 2.08. The number of hydrogen-bond donors (Lipinski definition) is 1. The Hall–Kier alpha value is -3.18. The van der Waals surface area contributed by atoms with Crippen LogP contribution in [0.1, 0.15) is 24.5 Å². The van der Waals surface area contributed by atoms with Crippen LogP contribution in [0, 0.1) is 0 Å². The number of nitrogens with one attached hydrogen (secondary N) is 1. The summed E-state index contributed by atoms with van der Waals surface area (Å²) in [5.41, 5.74) is 4.98. The van der Waals surface area contributed by atoms with Crippen LogP contribution in [0.15, 0.2) is 83.2 Å². The van der Waals surface area contributed by atoms with Crippen molar-refractivity contribution in [2.45, 2.75) is 19.8 Å². The number of nitrogens with zero attached hydrogens (tertiary/aromatic N) is 1. The maximum absolute atomic E-state index is 12.3. The van der Waals surface area contributed by atoms with E-state index in [4.69, 9.17) is 4.74 Å². The summed E-state index contributed by atoms with van der Waals surface area (Å²) < 4.78 is 5.16. The van der Waals surface area contributed by atoms with Gasteiger partial charge in [0.2, 0.25) is 5.91 Å². The number of carbonyl (C=O) groups excluding carboxylic acids is 1. The molecule has 4 nitrogen and oxygen atoms in total. The lowest BCUT2D eigenvalue weighted by molar-refractivity contribution is -0.116. The fourth-order valence-electron chi connectivity index (χ4n) is 2.70. The lowest BCUT2D eigenvalue weighted by Crippen LogP contribution is -2.11. The largest absolute Gasteiger partial charge is 0.497 e. The molecule has 0 aliphatic carbocycles. The number of carbonyl (C=O) groups is 1. The number of methoxy groups -OCH3 is 1. The number of aryl methyl sites for hydroxylation is 1. The van der Waals surface area contributed by atoms with Crippen molar-refractivity contribution in [1.82, 2.24) is 0 Å². The van der Waals surface area contributed by atoms with Crippen molar-refractivity contribution in [1.29, 1.82) is 0 Å². The van der Waals surface area contributed by atoms with Gasteiger partial charge in [-0.1, -0.05) is 36.9 Å². The number of thiophene rings is 1. The quantitative estimate of drug-likeness (QED) is 0.373. The van der Waals surface area contributed by atoms with E-state index < -0.39 is 0 Å². The van der Waals surface area contributed by atoms with Crippen molar-refractivity contribution in [2.75, 3.05) is 19.5 Å². The van der Waals surface area contributed by atoms with Crippen molar-refractivity contribution >= 4 is 34.0 Å². The van der Waals surface area contributed by atoms with Crippen LogP contribution in [0.5, 0.6) is 5.75 Å². The molecule has 156 valence electrons. The molecule has 1 amide bonds. The van der Waals surface area contributed by atoms with Crippen LogP contribution >= 0.6 is 11.3 Å². The average Bonchev–Trinajstić information content (AvgIpc) is 3.20. The predicted octanol–water partition coefficient (Wildman–Crippen LogP) is 6.10. The first kappa shape index (κ1) is 23.1. The van der Waals surface area contributed by atoms with Gasteiger partial charge in [-0.3, -0.25) is 9.79 Å². The highest BCUT2D eigenvalue weighted by molar-refractivity contribution is 7.14. The Bertz CT molecular complexity index is 979. The van der Waals surface area contributed by atoms with E-state index in [2.05, 4.69) is 23.5 Å². The standard InChI is InChI=1S/C25H28N2O2S/c1-6-20(15-21(18(2)3)13-14-26-4)22-16-25(30-17-22)27-24(28)12-9-19-7-10-23(29-5)11-8-19/h6-8,10-11,13-17H,1-2,9,12H2,3-5H3,(H,27,28)/b20-15+,21-13-,26-14?. The third kappa shape index (κ3) is 7.01. The second-order valence-electron chi connectivity index (χ2n) is 6.71. The summed E-state index contributed by atoms with van der Waals surface area (Å²) >= 11 is 1.50. The van der Waals surface area contributed by atoms with Gasteiger partial charge in [0.15, 0.2) is 0 Å². The van der Waals surface area contributed by atoms with Gasteiger partial charge in [0, 0.05) is 25.1 Å². The molecule has 1 heterocycles. The highest BCUT2D eigenvalue weighted by Crippen LogP contribution is 2.28. The molecular formula is C25H28N2O2S. The lowest BCUT2D eigenvalue weighted by Gasteiger charge is -2.05. The van der Waals surface area contributed by atoms with Gasteiger partial charge in [0.25, 0.3) is 0 Å². The van der Waals surface area contributed by atoms with Gasteiger partial charge in [-0.2, -0.15) is 0 Å². The number of ether oxygens (including phenoxy) is 1. The fraction of sp³-hybridized carbons (Fsp3) is 0.200. The third-order valence-corrected chi connectivity index (χ3v) is 5.27. The normalized spacial score (nSPS) is 12.1. The number of amides is 1. The van der Waals surface area contributed by atoms with Crippen LogP contribution in [0.4, 0.5) is 5.00 Å². The molecule has 1 N–H and O–H groups in total. The first-order chi connectivity index (χ1) is 14.5. The summed E-state index contributed by atoms with van der Waals surface area (Å²) in [7, 11) is 3.37. The minimum absolute atomic E-state index is 0.00923. The Morgan fingerprint density at radius 1 is 1.30 bits per heavy atom. The monoisotopic (exact) mass is 420 g/mol. The first-order valence-corrected chi connectivity index (χ1v) is 10.5. The summed E-state index contributed by atoms with van der Waals surface area (Å²) in [6.45, 7) is 9.90. The highest BCUT2D eigenvalue weighted by atomic mass is 32.1. The molecule has 5 heteroatoms. The smallest absolute Gasteiger partial charge is 0.225 e. The van der Waals surface area contributed by atoms with Crippen molar-refractivity contribution in [3.63, 3.8) is 0 Å². The Labute approximate surface area is 183 Å². The van der Waals surface area contributed by atoms with Gasteiger partial charge in [0.1, 0.15) is 5.75 Å². The maximum atomic E-state index is 12.3. The molecule has 0 radical (unpaired) electrons. The summed E-state index contributed by atoms with van der Waals surface area (Å²) in [5, 5.41) is 5.81. The number of benzene rings is 1. The van der Waals surface area contributed by atoms with E-state index in [9.17, 15) is 4.79 Å². The number of aliphatic imine (C=N–C) groups is 1. The molecule has 1 aromatic heterocycles. The minimum atomic E-state index is -0.00923. The van der Waals surface area contributed by atoms with Crippen LogP contribution in [-0.2, 0) is 11.2 Å². The zero-order valence-electron chi connectivity index (χ0n) is 17.8. The molecule has 0 saturated heterocycles. The van der Waals surface area contributed by atoms with E-state index >= 15 is 0 Å². The van der Waals surface area contributed by atoms with Crippen molar-refractivity contribution < 1.29 is 9.53 Å². The van der Waals surface area contributed by atoms with Gasteiger partial charge in [-0.05, 0) is 66.0 Å². The van der Waals surface area contributed by atoms with Gasteiger partial charge in [-0.15, -0.1) is 11.3 Å². The van der Waals surface area contributed by atoms with Gasteiger partial charge in [-0.25, -0.2) is 0 Å². The molecule has 0 fully saturated rings. The van der Waals surface area contributed by atoms with E-state index in [0.29, 0.717) is 12.8 Å². The van der Waals surface area contributed by atoms with E-state index in [1.165, 1.54) is 11.3 Å². The zero-order chi connectivity index (χ0) is 21.9. The number of hydrogen-bond acceptors (Lipinski definition) is 4. The molecule has 1 aromatic carbocycles. The fourth-order valence-corrected chi connectivity index (χ4v) is 3.53. The van der Waals surface area contributed by atoms with Gasteiger partial charge in [0.05, 0.1) is 12.1 Å². The topological polar surface area (TPSA) is 50.7 Å². The van der Waals surface area contributed by atoms with Gasteiger partial charge < -0.3 is 10.1 Å². The Balaban J connectivity index is 2.03. The molecular weight excluding hydrogens is 392 g/mol. The molecule has 0 aliphatic heterocycles. The van der Waals surface area contributed by atoms with E-state index in [-0.39, 0.29) is 5.91 Å². The molecule has 0 aliphatic rings. The molecule has 0 unspecified atom stereocenters. The molecule has 0 bridgehead atoms. The first-order valence-electron chi connectivity index (χ1n) is 9.61. The lowest BCUT2D eigenvalue weighted by atomic mass is 10.0. The van der Waals surface area contributed by atoms with Crippen LogP contribution in [-0.4, -0.2) is 26.3 Å². The zero-order valence-corrected chi connectivity index (χ0v) is 18.6. The number of allylic oxidation sites excluding steroid dienone is 6. The minimum Gasteiger partial charge on any atom is -0.497 e. The Kier molecular flexibility index (Phi) is 9.03. The van der Waals surface area contributed by atoms with E-state index in [1.54, 1.807) is 26.4 Å². The third-order valence-electron chi connectivity index (χ3n) is 4.42. The summed E-state index contributed by atoms with van der Waals surface area (Å²) in [6, 6.07) is 9.73. The number of rotatable bonds is 10. The Morgan fingerprint density at radius 2 is 2.03 bits per heavy atom. The van der Waals surface area contributed by atoms with Crippen molar-refractivity contribution in [2.24, 2.45) is 4.99 Å². The summed E-state index contributed by atoms with van der Waals surface area (Å²) in [6.07, 6.45) is 8.58. The molecule has 2 rings (SSSR count). The second kappa shape index (κ2) is 11.7. The Morgan fingerprint density at radius 3 is 2.63 bits per heavy atom. The van der Waals surface area contributed by atoms with Crippen LogP contribution in [0.25, 0.3) is 5.57 Å². The molecule has 30 heavy (non-hydrogen) atoms.